The first-order valence-electron chi connectivity index (χ1n) is 22.2. The molecule has 63 heavy (non-hydrogen) atoms. The number of benzene rings is 1. The van der Waals surface area contributed by atoms with Crippen molar-refractivity contribution in [2.24, 2.45) is 0 Å². The topological polar surface area (TPSA) is 217 Å². The Balaban J connectivity index is 2.75. The number of carbonyl (C=O) groups is 2. The maximum absolute atomic E-state index is 12.3. The molecule has 0 heterocycles. The van der Waals surface area contributed by atoms with Crippen LogP contribution >= 0.6 is 0 Å². The number of aliphatic carboxylic acids is 1. The van der Waals surface area contributed by atoms with Crippen LogP contribution in [0.4, 0.5) is 4.79 Å². The zero-order valence-corrected chi connectivity index (χ0v) is 38.2. The Bertz CT molecular complexity index is 1130. The summed E-state index contributed by atoms with van der Waals surface area (Å²) in [5.41, 5.74) is 0.602. The summed E-state index contributed by atoms with van der Waals surface area (Å²) in [5, 5.41) is 13.9. The van der Waals surface area contributed by atoms with E-state index < -0.39 is 18.5 Å². The van der Waals surface area contributed by atoms with E-state index >= 15 is 0 Å². The normalized spacial score (nSPS) is 11.2. The molecule has 0 bridgehead atoms. The fraction of sp³-hybridized carbons (Fsp3) is 0.814. The molecular weight excluding hydrogens is 832 g/mol. The minimum atomic E-state index is -1.17. The Kier molecular flexibility index (Phi) is 41.8. The summed E-state index contributed by atoms with van der Waals surface area (Å²) in [7, 11) is 0. The molecule has 0 saturated heterocycles. The molecule has 368 valence electrons. The summed E-state index contributed by atoms with van der Waals surface area (Å²) in [4.78, 5) is 23.2. The average molecular weight is 911 g/mol. The van der Waals surface area contributed by atoms with Crippen LogP contribution in [0.25, 0.3) is 0 Å². The van der Waals surface area contributed by atoms with E-state index in [1.807, 2.05) is 0 Å². The van der Waals surface area contributed by atoms with Gasteiger partial charge in [0.05, 0.1) is 139 Å². The van der Waals surface area contributed by atoms with Gasteiger partial charge >= 0.3 is 12.0 Å². The van der Waals surface area contributed by atoms with Crippen LogP contribution in [0, 0.1) is 0 Å². The van der Waals surface area contributed by atoms with Crippen molar-refractivity contribution in [3.8, 4) is 17.2 Å². The first-order valence-corrected chi connectivity index (χ1v) is 22.2. The summed E-state index contributed by atoms with van der Waals surface area (Å²) in [5.74, 6) is -0.165. The first kappa shape index (κ1) is 57.9. The van der Waals surface area contributed by atoms with E-state index in [4.69, 9.17) is 76.2 Å². The molecule has 1 aromatic carbocycles. The smallest absolute Gasteiger partial charge is 0.323 e. The van der Waals surface area contributed by atoms with Gasteiger partial charge in [0.2, 0.25) is 5.75 Å². The van der Waals surface area contributed by atoms with Gasteiger partial charge in [0, 0.05) is 26.4 Å². The van der Waals surface area contributed by atoms with Crippen LogP contribution in [-0.2, 0) is 68.2 Å². The Hall–Kier alpha value is -3.12. The second-order valence-electron chi connectivity index (χ2n) is 13.2. The zero-order valence-electron chi connectivity index (χ0n) is 38.2. The van der Waals surface area contributed by atoms with Gasteiger partial charge < -0.3 is 86.8 Å². The Labute approximate surface area is 374 Å². The molecule has 0 saturated carbocycles. The highest BCUT2D eigenvalue weighted by Gasteiger charge is 2.17. The number of carboxylic acids is 1. The third-order valence-corrected chi connectivity index (χ3v) is 7.77. The standard InChI is InChI=1S/C43H78N2O18/c1-4-7-49-10-13-52-16-19-55-22-25-58-28-31-61-39-34-38(36-44-43(48)45-37-41(46)47)35-40(62-32-29-59-26-23-56-20-17-53-14-11-50-8-5-2)42(39)63-33-30-60-27-24-57-21-18-54-15-12-51-9-6-3/h34-35H,4-33,36-37H2,1-3H3,(H,46,47)(H2,44,45,48). The molecule has 3 N–H and O–H groups in total. The maximum Gasteiger partial charge on any atom is 0.323 e. The molecule has 20 nitrogen and oxygen atoms in total. The van der Waals surface area contributed by atoms with Crippen LogP contribution < -0.4 is 24.8 Å². The van der Waals surface area contributed by atoms with Gasteiger partial charge in [-0.3, -0.25) is 4.79 Å². The van der Waals surface area contributed by atoms with E-state index in [1.54, 1.807) is 12.1 Å². The zero-order chi connectivity index (χ0) is 45.5. The fourth-order valence-corrected chi connectivity index (χ4v) is 4.83. The number of amides is 2. The van der Waals surface area contributed by atoms with E-state index in [0.29, 0.717) is 142 Å². The van der Waals surface area contributed by atoms with Crippen molar-refractivity contribution in [1.29, 1.82) is 0 Å². The summed E-state index contributed by atoms with van der Waals surface area (Å²) < 4.78 is 85.0. The van der Waals surface area contributed by atoms with Crippen LogP contribution in [-0.4, -0.2) is 202 Å². The van der Waals surface area contributed by atoms with Gasteiger partial charge in [-0.05, 0) is 37.0 Å². The van der Waals surface area contributed by atoms with Crippen molar-refractivity contribution >= 4 is 12.0 Å². The molecule has 0 radical (unpaired) electrons. The second kappa shape index (κ2) is 45.4. The number of ether oxygens (including phenoxy) is 15. The second-order valence-corrected chi connectivity index (χ2v) is 13.2. The number of hydrogen-bond donors (Lipinski definition) is 3. The monoisotopic (exact) mass is 911 g/mol. The van der Waals surface area contributed by atoms with Gasteiger partial charge in [0.1, 0.15) is 26.4 Å². The number of carbonyl (C=O) groups excluding carboxylic acids is 1. The van der Waals surface area contributed by atoms with Crippen LogP contribution in [0.2, 0.25) is 0 Å². The lowest BCUT2D eigenvalue weighted by atomic mass is 10.1. The van der Waals surface area contributed by atoms with Crippen molar-refractivity contribution in [1.82, 2.24) is 10.6 Å². The van der Waals surface area contributed by atoms with E-state index in [2.05, 4.69) is 31.4 Å². The molecule has 0 atom stereocenters. The quantitative estimate of drug-likeness (QED) is 0.0801. The maximum atomic E-state index is 12.3. The van der Waals surface area contributed by atoms with Gasteiger partial charge in [-0.25, -0.2) is 4.79 Å². The summed E-state index contributed by atoms with van der Waals surface area (Å²) in [6.07, 6.45) is 2.92. The van der Waals surface area contributed by atoms with Crippen molar-refractivity contribution in [2.45, 2.75) is 46.6 Å². The third-order valence-electron chi connectivity index (χ3n) is 7.77. The van der Waals surface area contributed by atoms with E-state index in [1.165, 1.54) is 0 Å². The van der Waals surface area contributed by atoms with E-state index in [-0.39, 0.29) is 46.2 Å². The summed E-state index contributed by atoms with van der Waals surface area (Å²) in [6, 6.07) is 2.76. The minimum Gasteiger partial charge on any atom is -0.487 e. The van der Waals surface area contributed by atoms with Crippen molar-refractivity contribution in [3.63, 3.8) is 0 Å². The molecule has 0 aliphatic heterocycles. The number of urea groups is 1. The van der Waals surface area contributed by atoms with Crippen molar-refractivity contribution in [2.75, 3.05) is 185 Å². The predicted octanol–water partition coefficient (Wildman–Crippen LogP) is 3.14. The largest absolute Gasteiger partial charge is 0.487 e. The van der Waals surface area contributed by atoms with Crippen LogP contribution in [0.1, 0.15) is 45.6 Å². The molecule has 1 rings (SSSR count). The molecule has 20 heteroatoms. The lowest BCUT2D eigenvalue weighted by Gasteiger charge is -2.19. The lowest BCUT2D eigenvalue weighted by Crippen LogP contribution is -2.38. The molecule has 0 aromatic heterocycles. The molecular formula is C43H78N2O18. The molecule has 0 aliphatic rings. The van der Waals surface area contributed by atoms with Crippen molar-refractivity contribution in [3.05, 3.63) is 17.7 Å². The number of hydrogen-bond acceptors (Lipinski definition) is 17. The molecule has 0 unspecified atom stereocenters. The Morgan fingerprint density at radius 3 is 0.952 bits per heavy atom. The SMILES string of the molecule is CCCOCCOCCOCCOCCOc1cc(CNC(=O)NCC(=O)O)cc(OCCOCCOCCOCCOCCC)c1OCCOCCOCCOCCOCCC. The summed E-state index contributed by atoms with van der Waals surface area (Å²) >= 11 is 0. The summed E-state index contributed by atoms with van der Waals surface area (Å²) in [6.45, 7) is 17.3. The van der Waals surface area contributed by atoms with Gasteiger partial charge in [-0.1, -0.05) is 20.8 Å². The number of nitrogens with one attached hydrogen (secondary N) is 2. The lowest BCUT2D eigenvalue weighted by molar-refractivity contribution is -0.135. The highest BCUT2D eigenvalue weighted by Crippen LogP contribution is 2.39. The highest BCUT2D eigenvalue weighted by atomic mass is 16.6. The van der Waals surface area contributed by atoms with E-state index in [9.17, 15) is 9.59 Å². The van der Waals surface area contributed by atoms with Gasteiger partial charge in [0.15, 0.2) is 11.5 Å². The number of rotatable bonds is 49. The van der Waals surface area contributed by atoms with Crippen molar-refractivity contribution < 1.29 is 85.7 Å². The Morgan fingerprint density at radius 2 is 0.667 bits per heavy atom. The van der Waals surface area contributed by atoms with Crippen LogP contribution in [0.5, 0.6) is 17.2 Å². The van der Waals surface area contributed by atoms with Gasteiger partial charge in [0.25, 0.3) is 0 Å². The number of carboxylic acid groups (broad SMARTS) is 1. The molecule has 0 spiro atoms. The molecule has 0 aliphatic carbocycles. The fourth-order valence-electron chi connectivity index (χ4n) is 4.83. The van der Waals surface area contributed by atoms with Crippen LogP contribution in [0.3, 0.4) is 0 Å². The highest BCUT2D eigenvalue weighted by molar-refractivity contribution is 5.79. The van der Waals surface area contributed by atoms with E-state index in [0.717, 1.165) is 39.1 Å². The molecule has 2 amide bonds. The molecule has 0 fully saturated rings. The average Bonchev–Trinajstić information content (AvgIpc) is 3.28. The third kappa shape index (κ3) is 37.9. The van der Waals surface area contributed by atoms with Crippen LogP contribution in [0.15, 0.2) is 12.1 Å². The van der Waals surface area contributed by atoms with Gasteiger partial charge in [-0.2, -0.15) is 0 Å². The predicted molar refractivity (Wildman–Crippen MR) is 232 cm³/mol. The molecule has 1 aromatic rings. The Morgan fingerprint density at radius 1 is 0.397 bits per heavy atom. The minimum absolute atomic E-state index is 0.0336. The first-order chi connectivity index (χ1) is 31.0. The van der Waals surface area contributed by atoms with Gasteiger partial charge in [-0.15, -0.1) is 0 Å².